The van der Waals surface area contributed by atoms with Crippen LogP contribution < -0.4 is 5.73 Å². The Balaban J connectivity index is 4.18. The van der Waals surface area contributed by atoms with Crippen molar-refractivity contribution < 1.29 is 9.53 Å². The van der Waals surface area contributed by atoms with Gasteiger partial charge in [0.25, 0.3) is 0 Å². The van der Waals surface area contributed by atoms with E-state index in [0.29, 0.717) is 12.5 Å². The Labute approximate surface area is 87.0 Å². The summed E-state index contributed by atoms with van der Waals surface area (Å²) in [6.07, 6.45) is 0.797. The van der Waals surface area contributed by atoms with Gasteiger partial charge in [-0.3, -0.25) is 4.79 Å². The molecule has 84 valence electrons. The molecule has 0 amide bonds. The molecule has 0 radical (unpaired) electrons. The first-order valence-electron chi connectivity index (χ1n) is 5.19. The lowest BCUT2D eigenvalue weighted by atomic mass is 9.97. The molecule has 3 heteroatoms. The predicted molar refractivity (Wildman–Crippen MR) is 57.8 cm³/mol. The summed E-state index contributed by atoms with van der Waals surface area (Å²) in [6.45, 7) is 10.1. The van der Waals surface area contributed by atoms with Gasteiger partial charge in [0.05, 0.1) is 5.92 Å². The molecule has 0 aliphatic heterocycles. The van der Waals surface area contributed by atoms with Crippen LogP contribution in [0.1, 0.15) is 41.0 Å². The zero-order valence-corrected chi connectivity index (χ0v) is 9.96. The van der Waals surface area contributed by atoms with Crippen molar-refractivity contribution >= 4 is 5.97 Å². The molecule has 3 nitrogen and oxygen atoms in total. The van der Waals surface area contributed by atoms with Gasteiger partial charge in [0.1, 0.15) is 5.60 Å². The highest BCUT2D eigenvalue weighted by Crippen LogP contribution is 2.16. The van der Waals surface area contributed by atoms with Gasteiger partial charge in [0, 0.05) is 6.54 Å². The maximum absolute atomic E-state index is 11.6. The summed E-state index contributed by atoms with van der Waals surface area (Å²) in [6, 6.07) is 0. The Kier molecular flexibility index (Phi) is 5.13. The van der Waals surface area contributed by atoms with E-state index in [1.165, 1.54) is 0 Å². The first-order chi connectivity index (χ1) is 6.26. The van der Waals surface area contributed by atoms with Crippen molar-refractivity contribution in [1.29, 1.82) is 0 Å². The molecule has 0 aromatic rings. The summed E-state index contributed by atoms with van der Waals surface area (Å²) in [5.74, 6) is 0.138. The normalized spacial score (nSPS) is 14.2. The summed E-state index contributed by atoms with van der Waals surface area (Å²) < 4.78 is 5.27. The minimum atomic E-state index is -0.415. The second kappa shape index (κ2) is 5.35. The van der Waals surface area contributed by atoms with Gasteiger partial charge in [0.15, 0.2) is 0 Å². The molecule has 0 bridgehead atoms. The van der Waals surface area contributed by atoms with Crippen LogP contribution in [0.15, 0.2) is 0 Å². The highest BCUT2D eigenvalue weighted by atomic mass is 16.6. The second-order valence-electron chi connectivity index (χ2n) is 5.10. The molecule has 0 aromatic carbocycles. The zero-order valence-electron chi connectivity index (χ0n) is 9.96. The lowest BCUT2D eigenvalue weighted by molar-refractivity contribution is -0.160. The van der Waals surface area contributed by atoms with E-state index < -0.39 is 5.60 Å². The number of ether oxygens (including phenoxy) is 1. The molecule has 0 rings (SSSR count). The van der Waals surface area contributed by atoms with E-state index in [0.717, 1.165) is 6.42 Å². The van der Waals surface area contributed by atoms with E-state index >= 15 is 0 Å². The van der Waals surface area contributed by atoms with Gasteiger partial charge in [-0.1, -0.05) is 13.8 Å². The lowest BCUT2D eigenvalue weighted by Gasteiger charge is -2.24. The van der Waals surface area contributed by atoms with Crippen LogP contribution in [0.2, 0.25) is 0 Å². The fourth-order valence-electron chi connectivity index (χ4n) is 1.24. The van der Waals surface area contributed by atoms with E-state index in [-0.39, 0.29) is 11.9 Å². The largest absolute Gasteiger partial charge is 0.460 e. The Morgan fingerprint density at radius 1 is 1.36 bits per heavy atom. The monoisotopic (exact) mass is 201 g/mol. The second-order valence-corrected chi connectivity index (χ2v) is 5.10. The highest BCUT2D eigenvalue weighted by Gasteiger charge is 2.24. The molecule has 0 heterocycles. The molecule has 0 aromatic heterocycles. The molecule has 0 fully saturated rings. The lowest BCUT2D eigenvalue weighted by Crippen LogP contribution is -2.33. The SMILES string of the molecule is CC(C)C[C@@H](CN)C(=O)OC(C)(C)C. The number of rotatable bonds is 4. The Bertz CT molecular complexity index is 182. The van der Waals surface area contributed by atoms with Crippen LogP contribution in [0, 0.1) is 11.8 Å². The third kappa shape index (κ3) is 5.97. The number of hydrogen-bond acceptors (Lipinski definition) is 3. The van der Waals surface area contributed by atoms with Crippen LogP contribution in [-0.4, -0.2) is 18.1 Å². The molecule has 0 spiro atoms. The summed E-state index contributed by atoms with van der Waals surface area (Å²) >= 11 is 0. The van der Waals surface area contributed by atoms with Gasteiger partial charge >= 0.3 is 5.97 Å². The molecule has 14 heavy (non-hydrogen) atoms. The van der Waals surface area contributed by atoms with Crippen molar-refractivity contribution in [3.8, 4) is 0 Å². The first-order valence-corrected chi connectivity index (χ1v) is 5.19. The van der Waals surface area contributed by atoms with Crippen molar-refractivity contribution in [3.05, 3.63) is 0 Å². The molecule has 0 unspecified atom stereocenters. The average molecular weight is 201 g/mol. The molecule has 0 saturated carbocycles. The molecule has 2 N–H and O–H groups in total. The van der Waals surface area contributed by atoms with Crippen molar-refractivity contribution in [1.82, 2.24) is 0 Å². The van der Waals surface area contributed by atoms with Crippen LogP contribution in [0.3, 0.4) is 0 Å². The van der Waals surface area contributed by atoms with Gasteiger partial charge in [-0.2, -0.15) is 0 Å². The van der Waals surface area contributed by atoms with E-state index in [1.54, 1.807) is 0 Å². The minimum Gasteiger partial charge on any atom is -0.460 e. The molecule has 0 aliphatic rings. The number of esters is 1. The quantitative estimate of drug-likeness (QED) is 0.707. The van der Waals surface area contributed by atoms with Crippen LogP contribution in [-0.2, 0) is 9.53 Å². The smallest absolute Gasteiger partial charge is 0.310 e. The molecular formula is C11H23NO2. The minimum absolute atomic E-state index is 0.158. The third-order valence-electron chi connectivity index (χ3n) is 1.78. The van der Waals surface area contributed by atoms with Crippen LogP contribution in [0.5, 0.6) is 0 Å². The van der Waals surface area contributed by atoms with Crippen LogP contribution in [0.4, 0.5) is 0 Å². The number of carbonyl (C=O) groups excluding carboxylic acids is 1. The Morgan fingerprint density at radius 3 is 2.14 bits per heavy atom. The topological polar surface area (TPSA) is 52.3 Å². The fourth-order valence-corrected chi connectivity index (χ4v) is 1.24. The molecule has 0 saturated heterocycles. The first kappa shape index (κ1) is 13.4. The summed E-state index contributed by atoms with van der Waals surface area (Å²) in [4.78, 5) is 11.6. The van der Waals surface area contributed by atoms with E-state index in [9.17, 15) is 4.79 Å². The van der Waals surface area contributed by atoms with Crippen LogP contribution in [0.25, 0.3) is 0 Å². The van der Waals surface area contributed by atoms with Crippen LogP contribution >= 0.6 is 0 Å². The van der Waals surface area contributed by atoms with Gasteiger partial charge < -0.3 is 10.5 Å². The fraction of sp³-hybridized carbons (Fsp3) is 0.909. The standard InChI is InChI=1S/C11H23NO2/c1-8(2)6-9(7-12)10(13)14-11(3,4)5/h8-9H,6-7,12H2,1-5H3/t9-/m0/s1. The molecule has 1 atom stereocenters. The van der Waals surface area contributed by atoms with Gasteiger partial charge in [-0.05, 0) is 33.1 Å². The number of nitrogens with two attached hydrogens (primary N) is 1. The molecular weight excluding hydrogens is 178 g/mol. The van der Waals surface area contributed by atoms with Crippen molar-refractivity contribution in [2.24, 2.45) is 17.6 Å². The Morgan fingerprint density at radius 2 is 1.86 bits per heavy atom. The number of hydrogen-bond donors (Lipinski definition) is 1. The summed E-state index contributed by atoms with van der Waals surface area (Å²) in [7, 11) is 0. The summed E-state index contributed by atoms with van der Waals surface area (Å²) in [5.41, 5.74) is 5.12. The third-order valence-corrected chi connectivity index (χ3v) is 1.78. The predicted octanol–water partition coefficient (Wildman–Crippen LogP) is 1.95. The highest BCUT2D eigenvalue weighted by molar-refractivity contribution is 5.73. The van der Waals surface area contributed by atoms with E-state index in [1.807, 2.05) is 20.8 Å². The summed E-state index contributed by atoms with van der Waals surface area (Å²) in [5, 5.41) is 0. The van der Waals surface area contributed by atoms with Gasteiger partial charge in [-0.15, -0.1) is 0 Å². The average Bonchev–Trinajstić information content (AvgIpc) is 1.96. The maximum Gasteiger partial charge on any atom is 0.310 e. The van der Waals surface area contributed by atoms with Gasteiger partial charge in [-0.25, -0.2) is 0 Å². The van der Waals surface area contributed by atoms with Gasteiger partial charge in [0.2, 0.25) is 0 Å². The van der Waals surface area contributed by atoms with Crippen molar-refractivity contribution in [2.45, 2.75) is 46.6 Å². The van der Waals surface area contributed by atoms with E-state index in [4.69, 9.17) is 10.5 Å². The van der Waals surface area contributed by atoms with E-state index in [2.05, 4.69) is 13.8 Å². The zero-order chi connectivity index (χ0) is 11.4. The molecule has 0 aliphatic carbocycles. The van der Waals surface area contributed by atoms with Crippen molar-refractivity contribution in [3.63, 3.8) is 0 Å². The Hall–Kier alpha value is -0.570. The number of carbonyl (C=O) groups is 1. The van der Waals surface area contributed by atoms with Crippen molar-refractivity contribution in [2.75, 3.05) is 6.54 Å². The maximum atomic E-state index is 11.6.